The van der Waals surface area contributed by atoms with Gasteiger partial charge in [0.15, 0.2) is 5.69 Å². The van der Waals surface area contributed by atoms with E-state index in [0.29, 0.717) is 11.9 Å². The van der Waals surface area contributed by atoms with E-state index in [1.54, 1.807) is 4.72 Å². The van der Waals surface area contributed by atoms with E-state index in [2.05, 4.69) is 9.97 Å². The quantitative estimate of drug-likeness (QED) is 0.818. The average molecular weight is 377 g/mol. The Morgan fingerprint density at radius 2 is 1.84 bits per heavy atom. The number of rotatable bonds is 5. The summed E-state index contributed by atoms with van der Waals surface area (Å²) in [5, 5.41) is 8.75. The SMILES string of the molecule is COc1ccc(S(=O)(=O)Nc2ncc(C(=O)O)c(C(F)(F)F)n2)cc1. The summed E-state index contributed by atoms with van der Waals surface area (Å²) in [4.78, 5) is 16.8. The van der Waals surface area contributed by atoms with Crippen LogP contribution in [0.1, 0.15) is 16.1 Å². The Morgan fingerprint density at radius 1 is 1.24 bits per heavy atom. The molecule has 0 saturated heterocycles. The van der Waals surface area contributed by atoms with Crippen LogP contribution in [-0.2, 0) is 16.2 Å². The molecule has 0 spiro atoms. The lowest BCUT2D eigenvalue weighted by Gasteiger charge is -2.12. The number of aromatic nitrogens is 2. The molecule has 134 valence electrons. The third-order valence-electron chi connectivity index (χ3n) is 2.88. The number of carboxylic acid groups (broad SMARTS) is 1. The molecule has 0 aliphatic carbocycles. The second-order valence-electron chi connectivity index (χ2n) is 4.54. The maximum atomic E-state index is 12.9. The summed E-state index contributed by atoms with van der Waals surface area (Å²) in [6.45, 7) is 0. The highest BCUT2D eigenvalue weighted by atomic mass is 32.2. The summed E-state index contributed by atoms with van der Waals surface area (Å²) in [5.41, 5.74) is -2.96. The summed E-state index contributed by atoms with van der Waals surface area (Å²) in [6, 6.07) is 5.00. The van der Waals surface area contributed by atoms with Gasteiger partial charge in [0.05, 0.1) is 12.0 Å². The van der Waals surface area contributed by atoms with Gasteiger partial charge in [-0.2, -0.15) is 13.2 Å². The molecule has 25 heavy (non-hydrogen) atoms. The van der Waals surface area contributed by atoms with Gasteiger partial charge in [0, 0.05) is 6.20 Å². The molecule has 0 fully saturated rings. The fourth-order valence-electron chi connectivity index (χ4n) is 1.74. The van der Waals surface area contributed by atoms with E-state index in [1.165, 1.54) is 19.2 Å². The number of methoxy groups -OCH3 is 1. The number of ether oxygens (including phenoxy) is 1. The highest BCUT2D eigenvalue weighted by Gasteiger charge is 2.38. The third-order valence-corrected chi connectivity index (χ3v) is 4.23. The van der Waals surface area contributed by atoms with Crippen LogP contribution in [0.15, 0.2) is 35.4 Å². The molecule has 8 nitrogen and oxygen atoms in total. The minimum Gasteiger partial charge on any atom is -0.497 e. The first-order valence-corrected chi connectivity index (χ1v) is 7.87. The molecular weight excluding hydrogens is 367 g/mol. The molecule has 1 aromatic carbocycles. The highest BCUT2D eigenvalue weighted by molar-refractivity contribution is 7.92. The number of sulfonamides is 1. The van der Waals surface area contributed by atoms with Gasteiger partial charge in [-0.1, -0.05) is 0 Å². The third kappa shape index (κ3) is 4.15. The first kappa shape index (κ1) is 18.4. The van der Waals surface area contributed by atoms with Gasteiger partial charge in [-0.05, 0) is 24.3 Å². The number of aromatic carboxylic acids is 1. The molecular formula is C13H10F3N3O5S. The van der Waals surface area contributed by atoms with Gasteiger partial charge in [-0.25, -0.2) is 27.9 Å². The Kier molecular flexibility index (Phi) is 4.83. The topological polar surface area (TPSA) is 118 Å². The van der Waals surface area contributed by atoms with Crippen LogP contribution in [0.25, 0.3) is 0 Å². The number of hydrogen-bond donors (Lipinski definition) is 2. The maximum Gasteiger partial charge on any atom is 0.434 e. The van der Waals surface area contributed by atoms with E-state index >= 15 is 0 Å². The van der Waals surface area contributed by atoms with E-state index in [9.17, 15) is 26.4 Å². The molecule has 1 aromatic heterocycles. The summed E-state index contributed by atoms with van der Waals surface area (Å²) in [5.74, 6) is -2.43. The van der Waals surface area contributed by atoms with Crippen molar-refractivity contribution in [3.63, 3.8) is 0 Å². The zero-order valence-electron chi connectivity index (χ0n) is 12.4. The molecule has 2 rings (SSSR count). The number of nitrogens with zero attached hydrogens (tertiary/aromatic N) is 2. The number of anilines is 1. The summed E-state index contributed by atoms with van der Waals surface area (Å²) in [6.07, 6.45) is -4.72. The van der Waals surface area contributed by atoms with Crippen molar-refractivity contribution in [2.45, 2.75) is 11.1 Å². The van der Waals surface area contributed by atoms with E-state index in [4.69, 9.17) is 9.84 Å². The molecule has 1 heterocycles. The monoisotopic (exact) mass is 377 g/mol. The molecule has 0 atom stereocenters. The predicted octanol–water partition coefficient (Wildman–Crippen LogP) is 2.00. The van der Waals surface area contributed by atoms with Crippen molar-refractivity contribution in [1.29, 1.82) is 0 Å². The molecule has 0 radical (unpaired) electrons. The van der Waals surface area contributed by atoms with Crippen molar-refractivity contribution in [3.05, 3.63) is 41.7 Å². The van der Waals surface area contributed by atoms with Crippen LogP contribution in [0.5, 0.6) is 5.75 Å². The molecule has 0 bridgehead atoms. The number of alkyl halides is 3. The minimum absolute atomic E-state index is 0.271. The van der Waals surface area contributed by atoms with Gasteiger partial charge in [0.2, 0.25) is 5.95 Å². The fourth-order valence-corrected chi connectivity index (χ4v) is 2.69. The molecule has 2 aromatic rings. The number of nitrogens with one attached hydrogen (secondary N) is 1. The van der Waals surface area contributed by atoms with Crippen LogP contribution in [0.3, 0.4) is 0 Å². The smallest absolute Gasteiger partial charge is 0.434 e. The van der Waals surface area contributed by atoms with Gasteiger partial charge in [-0.3, -0.25) is 0 Å². The standard InChI is InChI=1S/C13H10F3N3O5S/c1-24-7-2-4-8(5-3-7)25(22,23)19-12-17-6-9(11(20)21)10(18-12)13(14,15)16/h2-6H,1H3,(H,20,21)(H,17,18,19). The molecule has 0 aliphatic rings. The fraction of sp³-hybridized carbons (Fsp3) is 0.154. The first-order valence-electron chi connectivity index (χ1n) is 6.39. The van der Waals surface area contributed by atoms with E-state index in [0.717, 1.165) is 12.1 Å². The first-order chi connectivity index (χ1) is 11.5. The Balaban J connectivity index is 2.40. The van der Waals surface area contributed by atoms with Gasteiger partial charge >= 0.3 is 12.1 Å². The van der Waals surface area contributed by atoms with E-state index in [1.807, 2.05) is 0 Å². The van der Waals surface area contributed by atoms with Crippen molar-refractivity contribution < 1.29 is 36.2 Å². The van der Waals surface area contributed by atoms with Gasteiger partial charge in [0.1, 0.15) is 11.3 Å². The predicted molar refractivity (Wildman–Crippen MR) is 77.8 cm³/mol. The van der Waals surface area contributed by atoms with Crippen LogP contribution in [0, 0.1) is 0 Å². The Labute approximate surface area is 139 Å². The second kappa shape index (κ2) is 6.55. The lowest BCUT2D eigenvalue weighted by Crippen LogP contribution is -2.20. The Bertz CT molecular complexity index is 898. The van der Waals surface area contributed by atoms with E-state index < -0.39 is 39.4 Å². The molecule has 0 saturated carbocycles. The maximum absolute atomic E-state index is 12.9. The van der Waals surface area contributed by atoms with Crippen LogP contribution in [0.4, 0.5) is 19.1 Å². The van der Waals surface area contributed by atoms with Crippen molar-refractivity contribution in [2.24, 2.45) is 0 Å². The lowest BCUT2D eigenvalue weighted by atomic mass is 10.2. The number of benzene rings is 1. The minimum atomic E-state index is -5.10. The Morgan fingerprint density at radius 3 is 2.32 bits per heavy atom. The van der Waals surface area contributed by atoms with Gasteiger partial charge < -0.3 is 9.84 Å². The number of carbonyl (C=O) groups is 1. The van der Waals surface area contributed by atoms with Crippen LogP contribution in [-0.4, -0.2) is 36.6 Å². The zero-order valence-corrected chi connectivity index (χ0v) is 13.2. The molecule has 2 N–H and O–H groups in total. The van der Waals surface area contributed by atoms with Crippen molar-refractivity contribution in [2.75, 3.05) is 11.8 Å². The van der Waals surface area contributed by atoms with Crippen LogP contribution < -0.4 is 9.46 Å². The summed E-state index contributed by atoms with van der Waals surface area (Å²) >= 11 is 0. The molecule has 12 heteroatoms. The summed E-state index contributed by atoms with van der Waals surface area (Å²) < 4.78 is 69.6. The normalized spacial score (nSPS) is 11.8. The van der Waals surface area contributed by atoms with Gasteiger partial charge in [-0.15, -0.1) is 0 Å². The second-order valence-corrected chi connectivity index (χ2v) is 6.22. The largest absolute Gasteiger partial charge is 0.497 e. The van der Waals surface area contributed by atoms with E-state index in [-0.39, 0.29) is 4.90 Å². The van der Waals surface area contributed by atoms with Crippen LogP contribution in [0.2, 0.25) is 0 Å². The number of halogens is 3. The van der Waals surface area contributed by atoms with Gasteiger partial charge in [0.25, 0.3) is 10.0 Å². The average Bonchev–Trinajstić information content (AvgIpc) is 2.53. The highest BCUT2D eigenvalue weighted by Crippen LogP contribution is 2.31. The lowest BCUT2D eigenvalue weighted by molar-refractivity contribution is -0.141. The molecule has 0 aliphatic heterocycles. The van der Waals surface area contributed by atoms with Crippen LogP contribution >= 0.6 is 0 Å². The summed E-state index contributed by atoms with van der Waals surface area (Å²) in [7, 11) is -2.91. The van der Waals surface area contributed by atoms with Crippen molar-refractivity contribution >= 4 is 21.9 Å². The number of hydrogen-bond acceptors (Lipinski definition) is 6. The Hall–Kier alpha value is -2.89. The zero-order chi connectivity index (χ0) is 18.8. The van der Waals surface area contributed by atoms with Crippen molar-refractivity contribution in [1.82, 2.24) is 9.97 Å². The van der Waals surface area contributed by atoms with Crippen molar-refractivity contribution in [3.8, 4) is 5.75 Å². The molecule has 0 unspecified atom stereocenters. The number of carboxylic acids is 1. The molecule has 0 amide bonds.